The van der Waals surface area contributed by atoms with E-state index in [1.165, 1.54) is 0 Å². The third-order valence-electron chi connectivity index (χ3n) is 4.68. The second-order valence-corrected chi connectivity index (χ2v) is 7.26. The SMILES string of the molecule is O=C1CC(c2ccccc2)N(Cc2nnnn2-c2ccccc2Br)CCN1. The summed E-state index contributed by atoms with van der Waals surface area (Å²) >= 11 is 3.56. The van der Waals surface area contributed by atoms with Crippen LogP contribution in [0.25, 0.3) is 5.69 Å². The van der Waals surface area contributed by atoms with Crippen molar-refractivity contribution in [3.05, 3.63) is 70.5 Å². The molecule has 1 aliphatic heterocycles. The monoisotopic (exact) mass is 426 g/mol. The summed E-state index contributed by atoms with van der Waals surface area (Å²) in [5.41, 5.74) is 2.01. The summed E-state index contributed by atoms with van der Waals surface area (Å²) in [6.07, 6.45) is 0.417. The molecule has 1 N–H and O–H groups in total. The normalized spacial score (nSPS) is 18.1. The quantitative estimate of drug-likeness (QED) is 0.693. The largest absolute Gasteiger partial charge is 0.355 e. The molecule has 27 heavy (non-hydrogen) atoms. The second kappa shape index (κ2) is 7.98. The molecule has 0 radical (unpaired) electrons. The molecule has 4 rings (SSSR count). The van der Waals surface area contributed by atoms with Crippen molar-refractivity contribution in [1.29, 1.82) is 0 Å². The maximum atomic E-state index is 12.2. The number of nitrogens with zero attached hydrogens (tertiary/aromatic N) is 5. The summed E-state index contributed by atoms with van der Waals surface area (Å²) in [4.78, 5) is 14.4. The molecular weight excluding hydrogens is 408 g/mol. The Morgan fingerprint density at radius 3 is 2.70 bits per heavy atom. The first-order valence-corrected chi connectivity index (χ1v) is 9.59. The van der Waals surface area contributed by atoms with E-state index in [1.54, 1.807) is 4.68 Å². The number of carbonyl (C=O) groups excluding carboxylic acids is 1. The first kappa shape index (κ1) is 17.8. The van der Waals surface area contributed by atoms with Gasteiger partial charge in [0, 0.05) is 30.0 Å². The van der Waals surface area contributed by atoms with E-state index in [9.17, 15) is 4.79 Å². The van der Waals surface area contributed by atoms with Gasteiger partial charge in [0.05, 0.1) is 12.2 Å². The van der Waals surface area contributed by atoms with Crippen molar-refractivity contribution >= 4 is 21.8 Å². The minimum absolute atomic E-state index is 0.0157. The van der Waals surface area contributed by atoms with Crippen molar-refractivity contribution in [3.63, 3.8) is 0 Å². The molecule has 1 aliphatic rings. The third-order valence-corrected chi connectivity index (χ3v) is 5.35. The summed E-state index contributed by atoms with van der Waals surface area (Å²) in [7, 11) is 0. The number of aromatic nitrogens is 4. The van der Waals surface area contributed by atoms with Gasteiger partial charge in [0.1, 0.15) is 0 Å². The van der Waals surface area contributed by atoms with Gasteiger partial charge in [-0.3, -0.25) is 9.69 Å². The van der Waals surface area contributed by atoms with Crippen molar-refractivity contribution in [2.24, 2.45) is 0 Å². The highest BCUT2D eigenvalue weighted by Crippen LogP contribution is 2.28. The fourth-order valence-corrected chi connectivity index (χ4v) is 3.81. The van der Waals surface area contributed by atoms with Crippen LogP contribution in [0.4, 0.5) is 0 Å². The first-order valence-electron chi connectivity index (χ1n) is 8.80. The molecule has 1 unspecified atom stereocenters. The lowest BCUT2D eigenvalue weighted by molar-refractivity contribution is -0.121. The predicted octanol–water partition coefficient (Wildman–Crippen LogP) is 2.49. The van der Waals surface area contributed by atoms with Gasteiger partial charge in [-0.05, 0) is 44.1 Å². The summed E-state index contributed by atoms with van der Waals surface area (Å²) in [6, 6.07) is 17.9. The van der Waals surface area contributed by atoms with Crippen LogP contribution in [0.15, 0.2) is 59.1 Å². The summed E-state index contributed by atoms with van der Waals surface area (Å²) in [5, 5.41) is 15.2. The average Bonchev–Trinajstić information content (AvgIpc) is 3.06. The van der Waals surface area contributed by atoms with Crippen molar-refractivity contribution in [3.8, 4) is 5.69 Å². The Hall–Kier alpha value is -2.58. The molecule has 2 aromatic carbocycles. The molecule has 0 saturated carbocycles. The van der Waals surface area contributed by atoms with Gasteiger partial charge in [0.2, 0.25) is 5.91 Å². The van der Waals surface area contributed by atoms with Crippen LogP contribution in [-0.2, 0) is 11.3 Å². The second-order valence-electron chi connectivity index (χ2n) is 6.41. The van der Waals surface area contributed by atoms with E-state index in [1.807, 2.05) is 42.5 Å². The van der Waals surface area contributed by atoms with Gasteiger partial charge < -0.3 is 5.32 Å². The predicted molar refractivity (Wildman–Crippen MR) is 104 cm³/mol. The van der Waals surface area contributed by atoms with Crippen LogP contribution in [0.2, 0.25) is 0 Å². The lowest BCUT2D eigenvalue weighted by Crippen LogP contribution is -2.31. The van der Waals surface area contributed by atoms with Crippen LogP contribution in [0, 0.1) is 0 Å². The standard InChI is InChI=1S/C19H19BrN6O/c20-15-8-4-5-9-16(15)26-18(22-23-24-26)13-25-11-10-21-19(27)12-17(25)14-6-2-1-3-7-14/h1-9,17H,10-13H2,(H,21,27). The van der Waals surface area contributed by atoms with Crippen LogP contribution < -0.4 is 5.32 Å². The fourth-order valence-electron chi connectivity index (χ4n) is 3.36. The highest BCUT2D eigenvalue weighted by Gasteiger charge is 2.28. The topological polar surface area (TPSA) is 75.9 Å². The Morgan fingerprint density at radius 2 is 1.89 bits per heavy atom. The van der Waals surface area contributed by atoms with Crippen LogP contribution in [0.5, 0.6) is 0 Å². The number of tetrazole rings is 1. The smallest absolute Gasteiger partial charge is 0.221 e. The zero-order valence-electron chi connectivity index (χ0n) is 14.6. The molecule has 1 atom stereocenters. The molecule has 0 aliphatic carbocycles. The van der Waals surface area contributed by atoms with Crippen LogP contribution in [0.3, 0.4) is 0 Å². The maximum absolute atomic E-state index is 12.2. The van der Waals surface area contributed by atoms with Gasteiger partial charge in [-0.25, -0.2) is 0 Å². The summed E-state index contributed by atoms with van der Waals surface area (Å²) in [5.74, 6) is 0.800. The van der Waals surface area contributed by atoms with Gasteiger partial charge in [-0.1, -0.05) is 42.5 Å². The van der Waals surface area contributed by atoms with Crippen LogP contribution in [0.1, 0.15) is 23.9 Å². The molecular formula is C19H19BrN6O. The average molecular weight is 427 g/mol. The zero-order chi connectivity index (χ0) is 18.6. The summed E-state index contributed by atoms with van der Waals surface area (Å²) in [6.45, 7) is 1.88. The number of rotatable bonds is 4. The molecule has 7 nitrogen and oxygen atoms in total. The third kappa shape index (κ3) is 3.91. The van der Waals surface area contributed by atoms with Gasteiger partial charge >= 0.3 is 0 Å². The first-order chi connectivity index (χ1) is 13.2. The molecule has 1 fully saturated rings. The van der Waals surface area contributed by atoms with Crippen molar-refractivity contribution in [2.45, 2.75) is 19.0 Å². The zero-order valence-corrected chi connectivity index (χ0v) is 16.2. The van der Waals surface area contributed by atoms with Gasteiger partial charge in [-0.15, -0.1) is 5.10 Å². The lowest BCUT2D eigenvalue weighted by atomic mass is 10.0. The number of halogens is 1. The minimum Gasteiger partial charge on any atom is -0.355 e. The Bertz CT molecular complexity index is 929. The van der Waals surface area contributed by atoms with E-state index in [0.717, 1.165) is 28.1 Å². The molecule has 0 spiro atoms. The van der Waals surface area contributed by atoms with E-state index in [2.05, 4.69) is 53.8 Å². The van der Waals surface area contributed by atoms with Crippen LogP contribution >= 0.6 is 15.9 Å². The molecule has 138 valence electrons. The molecule has 1 aromatic heterocycles. The van der Waals surface area contributed by atoms with Crippen molar-refractivity contribution < 1.29 is 4.79 Å². The number of benzene rings is 2. The number of hydrogen-bond acceptors (Lipinski definition) is 5. The Balaban J connectivity index is 1.65. The fraction of sp³-hybridized carbons (Fsp3) is 0.263. The number of para-hydroxylation sites is 1. The summed E-state index contributed by atoms with van der Waals surface area (Å²) < 4.78 is 2.66. The Morgan fingerprint density at radius 1 is 1.11 bits per heavy atom. The van der Waals surface area contributed by atoms with E-state index in [-0.39, 0.29) is 11.9 Å². The van der Waals surface area contributed by atoms with E-state index in [0.29, 0.717) is 19.5 Å². The number of amides is 1. The highest BCUT2D eigenvalue weighted by molar-refractivity contribution is 9.10. The number of nitrogens with one attached hydrogen (secondary N) is 1. The Kier molecular flexibility index (Phi) is 5.26. The van der Waals surface area contributed by atoms with Crippen molar-refractivity contribution in [2.75, 3.05) is 13.1 Å². The number of hydrogen-bond donors (Lipinski definition) is 1. The van der Waals surface area contributed by atoms with Crippen LogP contribution in [-0.4, -0.2) is 44.1 Å². The van der Waals surface area contributed by atoms with E-state index in [4.69, 9.17) is 0 Å². The highest BCUT2D eigenvalue weighted by atomic mass is 79.9. The molecule has 3 aromatic rings. The number of carbonyl (C=O) groups is 1. The molecule has 2 heterocycles. The molecule has 1 amide bonds. The maximum Gasteiger partial charge on any atom is 0.221 e. The lowest BCUT2D eigenvalue weighted by Gasteiger charge is -2.28. The molecule has 8 heteroatoms. The van der Waals surface area contributed by atoms with Crippen molar-refractivity contribution in [1.82, 2.24) is 30.4 Å². The minimum atomic E-state index is -0.0157. The van der Waals surface area contributed by atoms with E-state index < -0.39 is 0 Å². The van der Waals surface area contributed by atoms with E-state index >= 15 is 0 Å². The van der Waals surface area contributed by atoms with Gasteiger partial charge in [-0.2, -0.15) is 4.68 Å². The van der Waals surface area contributed by atoms with Gasteiger partial charge in [0.25, 0.3) is 0 Å². The molecule has 1 saturated heterocycles. The molecule has 0 bridgehead atoms. The Labute approximate surface area is 165 Å². The van der Waals surface area contributed by atoms with Gasteiger partial charge in [0.15, 0.2) is 5.82 Å².